The smallest absolute Gasteiger partial charge is 0.174 e. The third-order valence-corrected chi connectivity index (χ3v) is 4.54. The number of hydrogen-bond acceptors (Lipinski definition) is 4. The fourth-order valence-electron chi connectivity index (χ4n) is 2.32. The van der Waals surface area contributed by atoms with Crippen molar-refractivity contribution >= 4 is 27.8 Å². The van der Waals surface area contributed by atoms with Crippen molar-refractivity contribution in [3.05, 3.63) is 10.9 Å². The van der Waals surface area contributed by atoms with Crippen LogP contribution in [0.25, 0.3) is 0 Å². The first-order valence-electron chi connectivity index (χ1n) is 6.29. The van der Waals surface area contributed by atoms with E-state index in [1.807, 2.05) is 13.0 Å². The van der Waals surface area contributed by atoms with E-state index < -0.39 is 0 Å². The molecule has 1 unspecified atom stereocenters. The molecule has 0 saturated carbocycles. The lowest BCUT2D eigenvalue weighted by molar-refractivity contribution is 0.0993. The van der Waals surface area contributed by atoms with E-state index in [9.17, 15) is 4.79 Å². The van der Waals surface area contributed by atoms with E-state index in [4.69, 9.17) is 5.73 Å². The number of anilines is 2. The van der Waals surface area contributed by atoms with Crippen molar-refractivity contribution in [2.45, 2.75) is 33.1 Å². The summed E-state index contributed by atoms with van der Waals surface area (Å²) in [6, 6.07) is 1.96. The first-order valence-corrected chi connectivity index (χ1v) is 7.11. The van der Waals surface area contributed by atoms with Crippen LogP contribution in [0.1, 0.15) is 42.8 Å². The second kappa shape index (κ2) is 5.08. The predicted molar refractivity (Wildman–Crippen MR) is 74.0 cm³/mol. The van der Waals surface area contributed by atoms with Crippen LogP contribution in [0.4, 0.5) is 10.7 Å². The van der Waals surface area contributed by atoms with E-state index in [0.29, 0.717) is 12.1 Å². The van der Waals surface area contributed by atoms with Gasteiger partial charge in [0, 0.05) is 19.5 Å². The van der Waals surface area contributed by atoms with Crippen LogP contribution in [0.15, 0.2) is 6.07 Å². The number of thiophene rings is 1. The first-order chi connectivity index (χ1) is 8.11. The second-order valence-corrected chi connectivity index (χ2v) is 5.87. The number of ketones is 1. The number of Topliss-reactive ketones (excluding diaryl/α,β-unsaturated/α-hetero) is 1. The highest BCUT2D eigenvalue weighted by molar-refractivity contribution is 7.18. The summed E-state index contributed by atoms with van der Waals surface area (Å²) in [6.07, 6.45) is 3.06. The number of nitrogens with zero attached hydrogens (tertiary/aromatic N) is 1. The van der Waals surface area contributed by atoms with Gasteiger partial charge in [0.25, 0.3) is 0 Å². The van der Waals surface area contributed by atoms with Gasteiger partial charge in [0.2, 0.25) is 0 Å². The SMILES string of the molecule is CCC(=O)c1sc(N2CCCC(C)C2)cc1N. The van der Waals surface area contributed by atoms with Crippen LogP contribution >= 0.6 is 11.3 Å². The van der Waals surface area contributed by atoms with Crippen molar-refractivity contribution < 1.29 is 4.79 Å². The second-order valence-electron chi connectivity index (χ2n) is 4.84. The number of nitrogens with two attached hydrogens (primary N) is 1. The number of hydrogen-bond donors (Lipinski definition) is 1. The van der Waals surface area contributed by atoms with Gasteiger partial charge in [-0.3, -0.25) is 4.79 Å². The normalized spacial score (nSPS) is 20.6. The van der Waals surface area contributed by atoms with Crippen molar-refractivity contribution in [2.75, 3.05) is 23.7 Å². The molecule has 1 saturated heterocycles. The average Bonchev–Trinajstić information content (AvgIpc) is 2.70. The minimum absolute atomic E-state index is 0.156. The Balaban J connectivity index is 2.19. The van der Waals surface area contributed by atoms with Gasteiger partial charge < -0.3 is 10.6 Å². The van der Waals surface area contributed by atoms with Crippen LogP contribution in [0, 0.1) is 5.92 Å². The predicted octanol–water partition coefficient (Wildman–Crippen LogP) is 3.16. The molecule has 0 spiro atoms. The zero-order chi connectivity index (χ0) is 12.4. The Morgan fingerprint density at radius 1 is 1.65 bits per heavy atom. The zero-order valence-corrected chi connectivity index (χ0v) is 11.3. The molecule has 1 aliphatic heterocycles. The lowest BCUT2D eigenvalue weighted by atomic mass is 10.0. The van der Waals surface area contributed by atoms with Crippen molar-refractivity contribution in [3.63, 3.8) is 0 Å². The van der Waals surface area contributed by atoms with Crippen LogP contribution < -0.4 is 10.6 Å². The van der Waals surface area contributed by atoms with Gasteiger partial charge >= 0.3 is 0 Å². The molecule has 1 aromatic heterocycles. The Bertz CT molecular complexity index is 414. The molecule has 0 amide bonds. The lowest BCUT2D eigenvalue weighted by Crippen LogP contribution is -2.33. The third kappa shape index (κ3) is 2.63. The molecule has 1 aromatic rings. The molecule has 0 bridgehead atoms. The summed E-state index contributed by atoms with van der Waals surface area (Å²) >= 11 is 1.55. The van der Waals surface area contributed by atoms with Crippen LogP contribution in [0.5, 0.6) is 0 Å². The van der Waals surface area contributed by atoms with E-state index in [0.717, 1.165) is 28.9 Å². The van der Waals surface area contributed by atoms with E-state index >= 15 is 0 Å². The number of carbonyl (C=O) groups is 1. The maximum atomic E-state index is 11.7. The standard InChI is InChI=1S/C13H20N2OS/c1-3-11(16)13-10(14)7-12(17-13)15-6-4-5-9(2)8-15/h7,9H,3-6,8,14H2,1-2H3. The van der Waals surface area contributed by atoms with Gasteiger partial charge in [-0.2, -0.15) is 0 Å². The summed E-state index contributed by atoms with van der Waals surface area (Å²) in [5.41, 5.74) is 6.57. The van der Waals surface area contributed by atoms with Gasteiger partial charge in [0.15, 0.2) is 5.78 Å². The fraction of sp³-hybridized carbons (Fsp3) is 0.615. The third-order valence-electron chi connectivity index (χ3n) is 3.29. The van der Waals surface area contributed by atoms with Crippen molar-refractivity contribution in [1.82, 2.24) is 0 Å². The largest absolute Gasteiger partial charge is 0.397 e. The number of piperidine rings is 1. The molecule has 2 N–H and O–H groups in total. The van der Waals surface area contributed by atoms with Gasteiger partial charge in [-0.15, -0.1) is 11.3 Å². The van der Waals surface area contributed by atoms with E-state index in [1.165, 1.54) is 12.8 Å². The topological polar surface area (TPSA) is 46.3 Å². The molecule has 17 heavy (non-hydrogen) atoms. The van der Waals surface area contributed by atoms with Crippen LogP contribution in [-0.4, -0.2) is 18.9 Å². The monoisotopic (exact) mass is 252 g/mol. The van der Waals surface area contributed by atoms with E-state index in [-0.39, 0.29) is 5.78 Å². The van der Waals surface area contributed by atoms with Gasteiger partial charge in [0.05, 0.1) is 15.6 Å². The molecule has 1 fully saturated rings. The Morgan fingerprint density at radius 3 is 3.06 bits per heavy atom. The Morgan fingerprint density at radius 2 is 2.41 bits per heavy atom. The number of carbonyl (C=O) groups excluding carboxylic acids is 1. The maximum Gasteiger partial charge on any atom is 0.174 e. The fourth-order valence-corrected chi connectivity index (χ4v) is 3.44. The van der Waals surface area contributed by atoms with Gasteiger partial charge in [-0.25, -0.2) is 0 Å². The average molecular weight is 252 g/mol. The molecule has 1 aliphatic rings. The summed E-state index contributed by atoms with van der Waals surface area (Å²) in [6.45, 7) is 6.33. The van der Waals surface area contributed by atoms with Crippen LogP contribution in [-0.2, 0) is 0 Å². The van der Waals surface area contributed by atoms with Gasteiger partial charge in [-0.05, 0) is 24.8 Å². The van der Waals surface area contributed by atoms with Crippen molar-refractivity contribution in [2.24, 2.45) is 5.92 Å². The quantitative estimate of drug-likeness (QED) is 0.841. The number of nitrogen functional groups attached to an aromatic ring is 1. The first kappa shape index (κ1) is 12.4. The highest BCUT2D eigenvalue weighted by Crippen LogP contribution is 2.35. The Kier molecular flexibility index (Phi) is 3.72. The van der Waals surface area contributed by atoms with Crippen LogP contribution in [0.3, 0.4) is 0 Å². The molecule has 1 atom stereocenters. The lowest BCUT2D eigenvalue weighted by Gasteiger charge is -2.31. The number of rotatable bonds is 3. The Labute approximate surface area is 107 Å². The van der Waals surface area contributed by atoms with Crippen LogP contribution in [0.2, 0.25) is 0 Å². The molecule has 4 heteroatoms. The maximum absolute atomic E-state index is 11.7. The summed E-state index contributed by atoms with van der Waals surface area (Å²) in [5, 5.41) is 1.16. The van der Waals surface area contributed by atoms with E-state index in [1.54, 1.807) is 11.3 Å². The minimum Gasteiger partial charge on any atom is -0.397 e. The van der Waals surface area contributed by atoms with Crippen molar-refractivity contribution in [3.8, 4) is 0 Å². The summed E-state index contributed by atoms with van der Waals surface area (Å²) < 4.78 is 0. The minimum atomic E-state index is 0.156. The molecular formula is C13H20N2OS. The molecule has 0 aliphatic carbocycles. The molecule has 0 radical (unpaired) electrons. The van der Waals surface area contributed by atoms with Gasteiger partial charge in [0.1, 0.15) is 0 Å². The molecule has 2 rings (SSSR count). The van der Waals surface area contributed by atoms with Gasteiger partial charge in [-0.1, -0.05) is 13.8 Å². The summed E-state index contributed by atoms with van der Waals surface area (Å²) in [4.78, 5) is 14.8. The molecule has 0 aromatic carbocycles. The molecular weight excluding hydrogens is 232 g/mol. The highest BCUT2D eigenvalue weighted by atomic mass is 32.1. The summed E-state index contributed by atoms with van der Waals surface area (Å²) in [7, 11) is 0. The van der Waals surface area contributed by atoms with Crippen molar-refractivity contribution in [1.29, 1.82) is 0 Å². The highest BCUT2D eigenvalue weighted by Gasteiger charge is 2.20. The van der Waals surface area contributed by atoms with E-state index in [2.05, 4.69) is 11.8 Å². The molecule has 2 heterocycles. The molecule has 94 valence electrons. The summed E-state index contributed by atoms with van der Waals surface area (Å²) in [5.74, 6) is 0.890. The Hall–Kier alpha value is -1.03. The zero-order valence-electron chi connectivity index (χ0n) is 10.5. The molecule has 3 nitrogen and oxygen atoms in total.